The number of nitrogen functional groups attached to an aromatic ring is 1. The fourth-order valence-electron chi connectivity index (χ4n) is 6.09. The molecule has 0 bridgehead atoms. The molecule has 0 saturated carbocycles. The van der Waals surface area contributed by atoms with Gasteiger partial charge in [0, 0.05) is 57.7 Å². The molecule has 0 aliphatic carbocycles. The first-order valence-electron chi connectivity index (χ1n) is 15.5. The van der Waals surface area contributed by atoms with Crippen molar-refractivity contribution < 1.29 is 0 Å². The van der Waals surface area contributed by atoms with E-state index in [4.69, 9.17) is 15.8 Å². The SMILES string of the molecule is Cc1ccn2nc([C@H](C)Nc3ncnc(N)c3C#N)nc(N(CCN3CCCC3)Cc3ccc(N4CCN(C)CC4)cc3)c12. The highest BCUT2D eigenvalue weighted by molar-refractivity contribution is 5.73. The van der Waals surface area contributed by atoms with Crippen LogP contribution in [0.3, 0.4) is 0 Å². The summed E-state index contributed by atoms with van der Waals surface area (Å²) in [5.74, 6) is 2.01. The van der Waals surface area contributed by atoms with E-state index >= 15 is 0 Å². The summed E-state index contributed by atoms with van der Waals surface area (Å²) in [6.07, 6.45) is 5.85. The number of nitrogens with two attached hydrogens (primary N) is 1. The first-order chi connectivity index (χ1) is 21.4. The fourth-order valence-corrected chi connectivity index (χ4v) is 6.09. The first kappa shape index (κ1) is 29.6. The minimum absolute atomic E-state index is 0.141. The molecule has 5 heterocycles. The van der Waals surface area contributed by atoms with Crippen LogP contribution < -0.4 is 20.9 Å². The zero-order valence-electron chi connectivity index (χ0n) is 25.9. The Bertz CT molecular complexity index is 1610. The van der Waals surface area contributed by atoms with Crippen LogP contribution in [0.4, 0.5) is 23.1 Å². The number of nitrogens with zero attached hydrogens (tertiary/aromatic N) is 10. The molecule has 2 fully saturated rings. The number of anilines is 4. The van der Waals surface area contributed by atoms with E-state index in [1.165, 1.54) is 30.4 Å². The molecule has 230 valence electrons. The molecule has 1 aromatic carbocycles. The number of fused-ring (bicyclic) bond motifs is 1. The second-order valence-corrected chi connectivity index (χ2v) is 12.0. The number of likely N-dealkylation sites (N-methyl/N-ethyl adjacent to an activating group) is 1. The monoisotopic (exact) mass is 594 g/mol. The van der Waals surface area contributed by atoms with Crippen LogP contribution in [0.1, 0.15) is 48.3 Å². The lowest BCUT2D eigenvalue weighted by molar-refractivity contribution is 0.313. The molecule has 44 heavy (non-hydrogen) atoms. The maximum absolute atomic E-state index is 9.63. The lowest BCUT2D eigenvalue weighted by Crippen LogP contribution is -2.44. The van der Waals surface area contributed by atoms with Crippen LogP contribution in [0.2, 0.25) is 0 Å². The van der Waals surface area contributed by atoms with Crippen molar-refractivity contribution in [3.8, 4) is 6.07 Å². The predicted octanol–water partition coefficient (Wildman–Crippen LogP) is 3.31. The molecule has 3 N–H and O–H groups in total. The zero-order chi connectivity index (χ0) is 30.6. The molecule has 2 aliphatic rings. The van der Waals surface area contributed by atoms with Gasteiger partial charge in [0.15, 0.2) is 11.6 Å². The van der Waals surface area contributed by atoms with Crippen molar-refractivity contribution in [1.82, 2.24) is 34.4 Å². The van der Waals surface area contributed by atoms with E-state index in [0.717, 1.165) is 75.8 Å². The Kier molecular flexibility index (Phi) is 8.77. The number of nitriles is 1. The van der Waals surface area contributed by atoms with Gasteiger partial charge in [-0.15, -0.1) is 0 Å². The second-order valence-electron chi connectivity index (χ2n) is 12.0. The number of hydrogen-bond donors (Lipinski definition) is 2. The summed E-state index contributed by atoms with van der Waals surface area (Å²) in [5.41, 5.74) is 10.8. The molecule has 2 aliphatic heterocycles. The van der Waals surface area contributed by atoms with Gasteiger partial charge in [-0.25, -0.2) is 19.5 Å². The van der Waals surface area contributed by atoms with Crippen LogP contribution in [-0.4, -0.2) is 93.8 Å². The van der Waals surface area contributed by atoms with Crippen LogP contribution >= 0.6 is 0 Å². The third-order valence-corrected chi connectivity index (χ3v) is 8.80. The summed E-state index contributed by atoms with van der Waals surface area (Å²) in [5, 5.41) is 17.8. The third kappa shape index (κ3) is 6.39. The molecule has 0 amide bonds. The summed E-state index contributed by atoms with van der Waals surface area (Å²) in [4.78, 5) is 23.2. The predicted molar refractivity (Wildman–Crippen MR) is 174 cm³/mol. The number of piperazine rings is 1. The van der Waals surface area contributed by atoms with Gasteiger partial charge in [-0.2, -0.15) is 10.4 Å². The summed E-state index contributed by atoms with van der Waals surface area (Å²) < 4.78 is 1.92. The van der Waals surface area contributed by atoms with Crippen molar-refractivity contribution in [3.63, 3.8) is 0 Å². The van der Waals surface area contributed by atoms with Crippen LogP contribution in [0.5, 0.6) is 0 Å². The summed E-state index contributed by atoms with van der Waals surface area (Å²) in [6.45, 7) is 13.2. The van der Waals surface area contributed by atoms with Gasteiger partial charge < -0.3 is 30.7 Å². The van der Waals surface area contributed by atoms with Gasteiger partial charge in [-0.05, 0) is 76.2 Å². The van der Waals surface area contributed by atoms with E-state index in [2.05, 4.69) is 85.3 Å². The largest absolute Gasteiger partial charge is 0.382 e. The van der Waals surface area contributed by atoms with E-state index < -0.39 is 0 Å². The van der Waals surface area contributed by atoms with Crippen molar-refractivity contribution in [3.05, 3.63) is 65.4 Å². The maximum Gasteiger partial charge on any atom is 0.173 e. The lowest BCUT2D eigenvalue weighted by atomic mass is 10.1. The van der Waals surface area contributed by atoms with E-state index in [1.807, 2.05) is 17.6 Å². The standard InChI is InChI=1S/C32H42N12/c1-23-10-13-44-28(23)32(38-30(39-44)24(2)37-31-27(20-33)29(34)35-22-36-31)43(19-16-41-11-4-5-12-41)21-25-6-8-26(9-7-25)42-17-14-40(3)15-18-42/h6-10,13,22,24H,4-5,11-12,14-19,21H2,1-3H3,(H3,34,35,36,37)/t24-/m0/s1. The lowest BCUT2D eigenvalue weighted by Gasteiger charge is -2.34. The number of rotatable bonds is 10. The Morgan fingerprint density at radius 3 is 2.52 bits per heavy atom. The van der Waals surface area contributed by atoms with Crippen molar-refractivity contribution in [2.24, 2.45) is 0 Å². The fraction of sp³-hybridized carbons (Fsp3) is 0.469. The highest BCUT2D eigenvalue weighted by Crippen LogP contribution is 2.28. The van der Waals surface area contributed by atoms with Gasteiger partial charge >= 0.3 is 0 Å². The first-order valence-corrected chi connectivity index (χ1v) is 15.5. The molecule has 6 rings (SSSR count). The van der Waals surface area contributed by atoms with Crippen LogP contribution in [0, 0.1) is 18.3 Å². The number of benzene rings is 1. The zero-order valence-corrected chi connectivity index (χ0v) is 25.9. The van der Waals surface area contributed by atoms with E-state index in [0.29, 0.717) is 11.6 Å². The Morgan fingerprint density at radius 2 is 1.80 bits per heavy atom. The number of likely N-dealkylation sites (tertiary alicyclic amines) is 1. The van der Waals surface area contributed by atoms with E-state index in [1.54, 1.807) is 0 Å². The molecule has 12 heteroatoms. The maximum atomic E-state index is 9.63. The van der Waals surface area contributed by atoms with Crippen LogP contribution in [-0.2, 0) is 6.54 Å². The van der Waals surface area contributed by atoms with Gasteiger partial charge in [-0.1, -0.05) is 12.1 Å². The highest BCUT2D eigenvalue weighted by atomic mass is 15.3. The summed E-state index contributed by atoms with van der Waals surface area (Å²) in [7, 11) is 2.19. The van der Waals surface area contributed by atoms with Crippen molar-refractivity contribution in [1.29, 1.82) is 5.26 Å². The number of aromatic nitrogens is 5. The smallest absolute Gasteiger partial charge is 0.173 e. The quantitative estimate of drug-likeness (QED) is 0.280. The van der Waals surface area contributed by atoms with Crippen molar-refractivity contribution in [2.75, 3.05) is 80.3 Å². The van der Waals surface area contributed by atoms with Gasteiger partial charge in [-0.3, -0.25) is 0 Å². The number of hydrogen-bond acceptors (Lipinski definition) is 11. The minimum atomic E-state index is -0.342. The van der Waals surface area contributed by atoms with Gasteiger partial charge in [0.2, 0.25) is 0 Å². The second kappa shape index (κ2) is 13.0. The molecule has 0 spiro atoms. The Morgan fingerprint density at radius 1 is 1.05 bits per heavy atom. The molecule has 4 aromatic rings. The van der Waals surface area contributed by atoms with Gasteiger partial charge in [0.25, 0.3) is 0 Å². The topological polar surface area (TPSA) is 131 Å². The Balaban J connectivity index is 1.31. The molecule has 0 unspecified atom stereocenters. The van der Waals surface area contributed by atoms with Gasteiger partial charge in [0.1, 0.15) is 35.1 Å². The summed E-state index contributed by atoms with van der Waals surface area (Å²) in [6, 6.07) is 12.9. The number of nitrogens with one attached hydrogen (secondary N) is 1. The molecule has 0 radical (unpaired) electrons. The molecule has 1 atom stereocenters. The molecular weight excluding hydrogens is 552 g/mol. The van der Waals surface area contributed by atoms with Crippen molar-refractivity contribution >= 4 is 28.7 Å². The molecular formula is C32H42N12. The van der Waals surface area contributed by atoms with Crippen LogP contribution in [0.25, 0.3) is 5.52 Å². The van der Waals surface area contributed by atoms with E-state index in [-0.39, 0.29) is 17.4 Å². The molecule has 2 saturated heterocycles. The summed E-state index contributed by atoms with van der Waals surface area (Å²) >= 11 is 0. The minimum Gasteiger partial charge on any atom is -0.382 e. The van der Waals surface area contributed by atoms with Crippen LogP contribution in [0.15, 0.2) is 42.9 Å². The normalized spacial score (nSPS) is 16.7. The van der Waals surface area contributed by atoms with Gasteiger partial charge in [0.05, 0.1) is 6.04 Å². The number of aryl methyl sites for hydroxylation is 1. The average molecular weight is 595 g/mol. The Hall–Kier alpha value is -4.47. The molecule has 3 aromatic heterocycles. The Labute approximate surface area is 259 Å². The van der Waals surface area contributed by atoms with Crippen molar-refractivity contribution in [2.45, 2.75) is 39.3 Å². The molecule has 12 nitrogen and oxygen atoms in total. The highest BCUT2D eigenvalue weighted by Gasteiger charge is 2.23. The van der Waals surface area contributed by atoms with E-state index in [9.17, 15) is 5.26 Å². The third-order valence-electron chi connectivity index (χ3n) is 8.80. The average Bonchev–Trinajstić information content (AvgIpc) is 3.69.